The minimum absolute atomic E-state index is 0.102. The van der Waals surface area contributed by atoms with Crippen molar-refractivity contribution in [3.8, 4) is 0 Å². The number of nitrogens with one attached hydrogen (secondary N) is 3. The third-order valence-corrected chi connectivity index (χ3v) is 6.54. The zero-order chi connectivity index (χ0) is 25.8. The monoisotopic (exact) mass is 492 g/mol. The molecule has 8 nitrogen and oxygen atoms in total. The first-order valence-corrected chi connectivity index (χ1v) is 12.4. The number of nitrogens with zero attached hydrogens (tertiary/aromatic N) is 3. The fraction of sp³-hybridized carbons (Fsp3) is 0.407. The van der Waals surface area contributed by atoms with Crippen LogP contribution in [0.1, 0.15) is 77.8 Å². The number of imidazole rings is 1. The summed E-state index contributed by atoms with van der Waals surface area (Å²) < 4.78 is 14.8. The van der Waals surface area contributed by atoms with Gasteiger partial charge in [0.15, 0.2) is 0 Å². The minimum Gasteiger partial charge on any atom is -0.372 e. The third kappa shape index (κ3) is 4.96. The van der Waals surface area contributed by atoms with E-state index in [2.05, 4.69) is 29.0 Å². The molecule has 0 bridgehead atoms. The van der Waals surface area contributed by atoms with Crippen molar-refractivity contribution in [3.63, 3.8) is 0 Å². The standard InChI is InChI=1S/C27H33FN6O2/c1-4-33-16-18-9-7-10-19(24(18)27(33)36)26(35)32-21(12-8-14-30-23(29)15-28)25-31-20-11-5-6-13-22(20)34(25)17(2)3/h5-7,9-11,13,17,21H,4,8,12,14-16H2,1-3H3,(H2,29,30)(H,32,35). The van der Waals surface area contributed by atoms with Crippen molar-refractivity contribution >= 4 is 28.7 Å². The summed E-state index contributed by atoms with van der Waals surface area (Å²) >= 11 is 0. The van der Waals surface area contributed by atoms with Crippen molar-refractivity contribution in [2.24, 2.45) is 0 Å². The molecule has 0 saturated heterocycles. The van der Waals surface area contributed by atoms with Gasteiger partial charge in [0, 0.05) is 25.7 Å². The number of para-hydroxylation sites is 2. The smallest absolute Gasteiger partial charge is 0.255 e. The number of benzene rings is 2. The van der Waals surface area contributed by atoms with E-state index >= 15 is 0 Å². The molecule has 4 rings (SSSR count). The first kappa shape index (κ1) is 25.3. The largest absolute Gasteiger partial charge is 0.372 e. The highest BCUT2D eigenvalue weighted by atomic mass is 19.1. The molecule has 1 aliphatic heterocycles. The van der Waals surface area contributed by atoms with Crippen LogP contribution in [0.4, 0.5) is 4.39 Å². The maximum absolute atomic E-state index is 13.6. The number of alkyl halides is 1. The molecule has 1 aromatic heterocycles. The minimum atomic E-state index is -0.842. The number of carbonyl (C=O) groups is 2. The third-order valence-electron chi connectivity index (χ3n) is 6.54. The number of rotatable bonds is 10. The highest BCUT2D eigenvalue weighted by Gasteiger charge is 2.32. The van der Waals surface area contributed by atoms with E-state index in [4.69, 9.17) is 10.4 Å². The lowest BCUT2D eigenvalue weighted by atomic mass is 10.0. The van der Waals surface area contributed by atoms with Gasteiger partial charge in [0.25, 0.3) is 11.8 Å². The number of halogens is 1. The molecule has 0 saturated carbocycles. The highest BCUT2D eigenvalue weighted by Crippen LogP contribution is 2.29. The summed E-state index contributed by atoms with van der Waals surface area (Å²) in [6.07, 6.45) is 1.11. The van der Waals surface area contributed by atoms with Crippen molar-refractivity contribution in [1.82, 2.24) is 25.1 Å². The van der Waals surface area contributed by atoms with Crippen LogP contribution in [0.5, 0.6) is 0 Å². The van der Waals surface area contributed by atoms with Gasteiger partial charge in [0.2, 0.25) is 0 Å². The van der Waals surface area contributed by atoms with Crippen LogP contribution in [-0.2, 0) is 6.54 Å². The molecule has 3 N–H and O–H groups in total. The lowest BCUT2D eigenvalue weighted by molar-refractivity contribution is 0.0780. The van der Waals surface area contributed by atoms with E-state index in [0.29, 0.717) is 43.6 Å². The number of hydrogen-bond donors (Lipinski definition) is 3. The lowest BCUT2D eigenvalue weighted by Crippen LogP contribution is -2.33. The van der Waals surface area contributed by atoms with Crippen LogP contribution in [0.15, 0.2) is 42.5 Å². The number of carbonyl (C=O) groups excluding carboxylic acids is 2. The molecule has 1 atom stereocenters. The molecule has 0 radical (unpaired) electrons. The molecular weight excluding hydrogens is 459 g/mol. The number of fused-ring (bicyclic) bond motifs is 2. The second-order valence-electron chi connectivity index (χ2n) is 9.29. The summed E-state index contributed by atoms with van der Waals surface area (Å²) in [4.78, 5) is 33.1. The number of amidine groups is 1. The zero-order valence-electron chi connectivity index (χ0n) is 21.0. The molecule has 1 aliphatic rings. The van der Waals surface area contributed by atoms with Crippen LogP contribution < -0.4 is 10.6 Å². The van der Waals surface area contributed by atoms with Crippen LogP contribution in [0, 0.1) is 5.41 Å². The first-order chi connectivity index (χ1) is 17.3. The van der Waals surface area contributed by atoms with Crippen molar-refractivity contribution in [2.75, 3.05) is 19.8 Å². The van der Waals surface area contributed by atoms with Crippen molar-refractivity contribution in [3.05, 3.63) is 65.0 Å². The molecule has 36 heavy (non-hydrogen) atoms. The van der Waals surface area contributed by atoms with Gasteiger partial charge in [-0.3, -0.25) is 15.0 Å². The molecule has 0 spiro atoms. The average molecular weight is 493 g/mol. The summed E-state index contributed by atoms with van der Waals surface area (Å²) in [5.41, 5.74) is 3.50. The Balaban J connectivity index is 1.66. The molecule has 190 valence electrons. The van der Waals surface area contributed by atoms with Gasteiger partial charge < -0.3 is 20.1 Å². The molecule has 2 aromatic carbocycles. The van der Waals surface area contributed by atoms with Crippen molar-refractivity contribution in [2.45, 2.75) is 52.2 Å². The second kappa shape index (κ2) is 10.9. The zero-order valence-corrected chi connectivity index (χ0v) is 21.0. The summed E-state index contributed by atoms with van der Waals surface area (Å²) in [6.45, 7) is 6.71. The van der Waals surface area contributed by atoms with Gasteiger partial charge in [-0.05, 0) is 57.4 Å². The summed E-state index contributed by atoms with van der Waals surface area (Å²) in [5, 5.41) is 13.4. The number of aromatic nitrogens is 2. The maximum Gasteiger partial charge on any atom is 0.255 e. The van der Waals surface area contributed by atoms with Crippen LogP contribution >= 0.6 is 0 Å². The SMILES string of the molecule is CCN1Cc2cccc(C(=O)NC(CCCNC(=N)CF)c3nc4ccccc4n3C(C)C)c2C1=O. The van der Waals surface area contributed by atoms with Crippen LogP contribution in [0.25, 0.3) is 11.0 Å². The Kier molecular flexibility index (Phi) is 7.67. The fourth-order valence-electron chi connectivity index (χ4n) is 4.81. The lowest BCUT2D eigenvalue weighted by Gasteiger charge is -2.23. The predicted octanol–water partition coefficient (Wildman–Crippen LogP) is 4.38. The molecule has 1 unspecified atom stereocenters. The summed E-state index contributed by atoms with van der Waals surface area (Å²) in [6, 6.07) is 12.9. The van der Waals surface area contributed by atoms with Gasteiger partial charge in [-0.2, -0.15) is 0 Å². The fourth-order valence-corrected chi connectivity index (χ4v) is 4.81. The Morgan fingerprint density at radius 1 is 1.19 bits per heavy atom. The van der Waals surface area contributed by atoms with E-state index in [1.165, 1.54) is 0 Å². The van der Waals surface area contributed by atoms with E-state index in [0.717, 1.165) is 22.4 Å². The van der Waals surface area contributed by atoms with Gasteiger partial charge in [-0.15, -0.1) is 0 Å². The van der Waals surface area contributed by atoms with Crippen LogP contribution in [0.2, 0.25) is 0 Å². The van der Waals surface area contributed by atoms with Gasteiger partial charge in [0.05, 0.1) is 28.2 Å². The van der Waals surface area contributed by atoms with E-state index in [1.54, 1.807) is 11.0 Å². The average Bonchev–Trinajstić information content (AvgIpc) is 3.43. The van der Waals surface area contributed by atoms with Gasteiger partial charge in [-0.25, -0.2) is 9.37 Å². The molecular formula is C27H33FN6O2. The predicted molar refractivity (Wildman–Crippen MR) is 138 cm³/mol. The van der Waals surface area contributed by atoms with Crippen LogP contribution in [0.3, 0.4) is 0 Å². The Labute approximate surface area is 210 Å². The van der Waals surface area contributed by atoms with E-state index in [9.17, 15) is 14.0 Å². The van der Waals surface area contributed by atoms with E-state index in [1.807, 2.05) is 43.3 Å². The summed E-state index contributed by atoms with van der Waals surface area (Å²) in [5.74, 6) is 0.117. The molecule has 0 aliphatic carbocycles. The molecule has 2 amide bonds. The molecule has 3 aromatic rings. The van der Waals surface area contributed by atoms with Crippen LogP contribution in [-0.4, -0.2) is 51.9 Å². The normalized spacial score (nSPS) is 13.8. The number of hydrogen-bond acceptors (Lipinski definition) is 4. The quantitative estimate of drug-likeness (QED) is 0.222. The van der Waals surface area contributed by atoms with Gasteiger partial charge in [-0.1, -0.05) is 24.3 Å². The topological polar surface area (TPSA) is 103 Å². The van der Waals surface area contributed by atoms with Gasteiger partial charge in [0.1, 0.15) is 18.3 Å². The molecule has 2 heterocycles. The van der Waals surface area contributed by atoms with Crippen molar-refractivity contribution < 1.29 is 14.0 Å². The second-order valence-corrected chi connectivity index (χ2v) is 9.29. The Morgan fingerprint density at radius 2 is 1.97 bits per heavy atom. The Hall–Kier alpha value is -3.75. The van der Waals surface area contributed by atoms with Gasteiger partial charge >= 0.3 is 0 Å². The Bertz CT molecular complexity index is 1280. The highest BCUT2D eigenvalue weighted by molar-refractivity contribution is 6.09. The summed E-state index contributed by atoms with van der Waals surface area (Å²) in [7, 11) is 0. The molecule has 0 fully saturated rings. The Morgan fingerprint density at radius 3 is 2.69 bits per heavy atom. The first-order valence-electron chi connectivity index (χ1n) is 12.4. The molecule has 9 heteroatoms. The van der Waals surface area contributed by atoms with E-state index < -0.39 is 12.7 Å². The maximum atomic E-state index is 13.6. The number of amides is 2. The van der Waals surface area contributed by atoms with Crippen molar-refractivity contribution in [1.29, 1.82) is 5.41 Å². The van der Waals surface area contributed by atoms with E-state index in [-0.39, 0.29) is 23.7 Å².